The zero-order valence-corrected chi connectivity index (χ0v) is 11.2. The van der Waals surface area contributed by atoms with Crippen LogP contribution < -0.4 is 0 Å². The normalized spacial score (nSPS) is 28.7. The van der Waals surface area contributed by atoms with E-state index in [9.17, 15) is 4.79 Å². The molecule has 2 fully saturated rings. The summed E-state index contributed by atoms with van der Waals surface area (Å²) in [6.45, 7) is 0. The predicted molar refractivity (Wildman–Crippen MR) is 74.5 cm³/mol. The van der Waals surface area contributed by atoms with E-state index in [1.54, 1.807) is 12.4 Å². The molecule has 2 unspecified atom stereocenters. The molecule has 1 aromatic heterocycles. The van der Waals surface area contributed by atoms with Crippen molar-refractivity contribution in [2.45, 2.75) is 37.9 Å². The van der Waals surface area contributed by atoms with E-state index in [1.807, 2.05) is 18.2 Å². The Kier molecular flexibility index (Phi) is 2.77. The number of Topliss-reactive ketones (excluding diaryl/α,β-unsaturated/α-hetero) is 1. The zero-order valence-electron chi connectivity index (χ0n) is 11.2. The molecule has 0 radical (unpaired) electrons. The lowest BCUT2D eigenvalue weighted by molar-refractivity contribution is -0.0149. The van der Waals surface area contributed by atoms with Crippen LogP contribution in [0.1, 0.15) is 36.0 Å². The first-order chi connectivity index (χ1) is 9.79. The number of nitrogens with zero attached hydrogens (tertiary/aromatic N) is 2. The summed E-state index contributed by atoms with van der Waals surface area (Å²) in [5.41, 5.74) is 2.37. The molecule has 1 aromatic carbocycles. The molecule has 2 aliphatic heterocycles. The number of rotatable bonds is 2. The number of hydrogen-bond donors (Lipinski definition) is 0. The standard InChI is InChI=1S/C16H16N2O2/c19-16(11-7-12-2-3-13(8-11)20-12)10-1-4-14-15(9-10)18-6-5-17-14/h1,4-6,9,11-13H,2-3,7-8H2. The van der Waals surface area contributed by atoms with Gasteiger partial charge in [-0.25, -0.2) is 0 Å². The number of carbonyl (C=O) groups is 1. The van der Waals surface area contributed by atoms with Gasteiger partial charge in [-0.2, -0.15) is 0 Å². The predicted octanol–water partition coefficient (Wildman–Crippen LogP) is 2.77. The first-order valence-electron chi connectivity index (χ1n) is 7.20. The number of hydrogen-bond acceptors (Lipinski definition) is 4. The molecular weight excluding hydrogens is 252 g/mol. The Morgan fingerprint density at radius 3 is 2.50 bits per heavy atom. The first kappa shape index (κ1) is 12.0. The number of benzene rings is 1. The Morgan fingerprint density at radius 1 is 1.05 bits per heavy atom. The van der Waals surface area contributed by atoms with Gasteiger partial charge >= 0.3 is 0 Å². The van der Waals surface area contributed by atoms with E-state index in [0.717, 1.165) is 42.3 Å². The van der Waals surface area contributed by atoms with Gasteiger partial charge in [-0.3, -0.25) is 14.8 Å². The quantitative estimate of drug-likeness (QED) is 0.786. The van der Waals surface area contributed by atoms with E-state index >= 15 is 0 Å². The molecule has 2 saturated heterocycles. The summed E-state index contributed by atoms with van der Waals surface area (Å²) < 4.78 is 5.81. The minimum Gasteiger partial charge on any atom is -0.375 e. The third-order valence-corrected chi connectivity index (χ3v) is 4.41. The first-order valence-corrected chi connectivity index (χ1v) is 7.20. The van der Waals surface area contributed by atoms with E-state index in [2.05, 4.69) is 9.97 Å². The lowest BCUT2D eigenvalue weighted by Gasteiger charge is -2.27. The summed E-state index contributed by atoms with van der Waals surface area (Å²) in [4.78, 5) is 21.2. The van der Waals surface area contributed by atoms with Crippen LogP contribution in [0.4, 0.5) is 0 Å². The molecule has 4 nitrogen and oxygen atoms in total. The smallest absolute Gasteiger partial charge is 0.166 e. The monoisotopic (exact) mass is 268 g/mol. The number of aromatic nitrogens is 2. The van der Waals surface area contributed by atoms with Crippen LogP contribution >= 0.6 is 0 Å². The number of fused-ring (bicyclic) bond motifs is 3. The SMILES string of the molecule is O=C(c1ccc2nccnc2c1)C1CC2CCC(C1)O2. The molecule has 2 aromatic rings. The Hall–Kier alpha value is -1.81. The van der Waals surface area contributed by atoms with E-state index in [1.165, 1.54) is 0 Å². The maximum absolute atomic E-state index is 12.7. The molecule has 0 aliphatic carbocycles. The molecule has 0 amide bonds. The van der Waals surface area contributed by atoms with E-state index < -0.39 is 0 Å². The zero-order chi connectivity index (χ0) is 13.5. The van der Waals surface area contributed by atoms with Crippen molar-refractivity contribution < 1.29 is 9.53 Å². The molecule has 0 saturated carbocycles. The topological polar surface area (TPSA) is 52.1 Å². The van der Waals surface area contributed by atoms with Gasteiger partial charge in [0.2, 0.25) is 0 Å². The largest absolute Gasteiger partial charge is 0.375 e. The van der Waals surface area contributed by atoms with Gasteiger partial charge in [0.15, 0.2) is 5.78 Å². The van der Waals surface area contributed by atoms with Gasteiger partial charge in [0, 0.05) is 23.9 Å². The fourth-order valence-corrected chi connectivity index (χ4v) is 3.42. The molecule has 2 bridgehead atoms. The van der Waals surface area contributed by atoms with Gasteiger partial charge in [-0.05, 0) is 43.9 Å². The van der Waals surface area contributed by atoms with Crippen molar-refractivity contribution in [1.82, 2.24) is 9.97 Å². The second-order valence-electron chi connectivity index (χ2n) is 5.75. The molecule has 2 aliphatic rings. The van der Waals surface area contributed by atoms with Crippen molar-refractivity contribution in [2.24, 2.45) is 5.92 Å². The van der Waals surface area contributed by atoms with Gasteiger partial charge < -0.3 is 4.74 Å². The van der Waals surface area contributed by atoms with Gasteiger partial charge in [0.25, 0.3) is 0 Å². The molecular formula is C16H16N2O2. The minimum atomic E-state index is 0.107. The van der Waals surface area contributed by atoms with Crippen LogP contribution in [0.2, 0.25) is 0 Å². The van der Waals surface area contributed by atoms with Gasteiger partial charge in [-0.15, -0.1) is 0 Å². The highest BCUT2D eigenvalue weighted by atomic mass is 16.5. The highest BCUT2D eigenvalue weighted by molar-refractivity contribution is 6.00. The van der Waals surface area contributed by atoms with Crippen LogP contribution in [-0.4, -0.2) is 28.0 Å². The summed E-state index contributed by atoms with van der Waals surface area (Å²) in [6, 6.07) is 5.61. The van der Waals surface area contributed by atoms with Crippen LogP contribution in [0.15, 0.2) is 30.6 Å². The molecule has 0 spiro atoms. The van der Waals surface area contributed by atoms with Crippen molar-refractivity contribution in [3.05, 3.63) is 36.2 Å². The maximum Gasteiger partial charge on any atom is 0.166 e. The van der Waals surface area contributed by atoms with Crippen LogP contribution in [0.5, 0.6) is 0 Å². The molecule has 0 N–H and O–H groups in total. The number of ketones is 1. The molecule has 2 atom stereocenters. The molecule has 3 heterocycles. The third-order valence-electron chi connectivity index (χ3n) is 4.41. The highest BCUT2D eigenvalue weighted by Gasteiger charge is 2.38. The van der Waals surface area contributed by atoms with Crippen molar-refractivity contribution >= 4 is 16.8 Å². The van der Waals surface area contributed by atoms with E-state index in [0.29, 0.717) is 12.2 Å². The lowest BCUT2D eigenvalue weighted by atomic mass is 9.88. The lowest BCUT2D eigenvalue weighted by Crippen LogP contribution is -2.30. The molecule has 4 rings (SSSR count). The fourth-order valence-electron chi connectivity index (χ4n) is 3.42. The summed E-state index contributed by atoms with van der Waals surface area (Å²) in [6.07, 6.45) is 7.87. The Morgan fingerprint density at radius 2 is 1.75 bits per heavy atom. The molecule has 102 valence electrons. The average molecular weight is 268 g/mol. The van der Waals surface area contributed by atoms with Crippen LogP contribution in [0.3, 0.4) is 0 Å². The molecule has 4 heteroatoms. The Balaban J connectivity index is 1.63. The Labute approximate surface area is 117 Å². The highest BCUT2D eigenvalue weighted by Crippen LogP contribution is 2.37. The fraction of sp³-hybridized carbons (Fsp3) is 0.438. The molecule has 20 heavy (non-hydrogen) atoms. The van der Waals surface area contributed by atoms with Gasteiger partial charge in [0.1, 0.15) is 0 Å². The van der Waals surface area contributed by atoms with Gasteiger partial charge in [-0.1, -0.05) is 0 Å². The third kappa shape index (κ3) is 2.00. The maximum atomic E-state index is 12.7. The number of ether oxygens (including phenoxy) is 1. The second kappa shape index (κ2) is 4.63. The van der Waals surface area contributed by atoms with Crippen LogP contribution in [0, 0.1) is 5.92 Å². The van der Waals surface area contributed by atoms with E-state index in [-0.39, 0.29) is 11.7 Å². The van der Waals surface area contributed by atoms with Crippen molar-refractivity contribution in [3.8, 4) is 0 Å². The summed E-state index contributed by atoms with van der Waals surface area (Å²) in [5, 5.41) is 0. The Bertz CT molecular complexity index is 658. The van der Waals surface area contributed by atoms with Crippen molar-refractivity contribution in [1.29, 1.82) is 0 Å². The average Bonchev–Trinajstić information content (AvgIpc) is 2.84. The second-order valence-corrected chi connectivity index (χ2v) is 5.75. The summed E-state index contributed by atoms with van der Waals surface area (Å²) >= 11 is 0. The summed E-state index contributed by atoms with van der Waals surface area (Å²) in [7, 11) is 0. The van der Waals surface area contributed by atoms with Crippen LogP contribution in [0.25, 0.3) is 11.0 Å². The number of carbonyl (C=O) groups excluding carboxylic acids is 1. The van der Waals surface area contributed by atoms with Crippen molar-refractivity contribution in [2.75, 3.05) is 0 Å². The summed E-state index contributed by atoms with van der Waals surface area (Å²) in [5.74, 6) is 0.341. The van der Waals surface area contributed by atoms with Crippen LogP contribution in [-0.2, 0) is 4.74 Å². The van der Waals surface area contributed by atoms with Gasteiger partial charge in [0.05, 0.1) is 23.2 Å². The van der Waals surface area contributed by atoms with Crippen molar-refractivity contribution in [3.63, 3.8) is 0 Å². The minimum absolute atomic E-state index is 0.107. The van der Waals surface area contributed by atoms with E-state index in [4.69, 9.17) is 4.74 Å².